The van der Waals surface area contributed by atoms with Crippen LogP contribution in [0.5, 0.6) is 11.5 Å². The van der Waals surface area contributed by atoms with E-state index in [9.17, 15) is 13.2 Å². The first-order valence-corrected chi connectivity index (χ1v) is 12.1. The van der Waals surface area contributed by atoms with Crippen molar-refractivity contribution in [2.75, 3.05) is 24.1 Å². The topological polar surface area (TPSA) is 84.9 Å². The highest BCUT2D eigenvalue weighted by Gasteiger charge is 2.28. The number of sulfonamides is 1. The minimum atomic E-state index is -3.95. The predicted octanol–water partition coefficient (Wildman–Crippen LogP) is 3.84. The molecule has 1 aliphatic heterocycles. The Morgan fingerprint density at radius 1 is 0.970 bits per heavy atom. The van der Waals surface area contributed by atoms with Gasteiger partial charge in [0.15, 0.2) is 11.5 Å². The van der Waals surface area contributed by atoms with Crippen LogP contribution < -0.4 is 19.1 Å². The standard InChI is InChI=1S/C25H26N2O5S/c1-18-8-6-7-11-22(18)27(33(29,30)21-9-4-3-5-10-21)17-25(28)26-19(2)20-12-13-23-24(16-20)32-15-14-31-23/h3-13,16,19H,14-15,17H2,1-2H3,(H,26,28)/t19-/m0/s1. The molecule has 4 rings (SSSR count). The molecule has 1 amide bonds. The van der Waals surface area contributed by atoms with Crippen LogP contribution in [0.2, 0.25) is 0 Å². The molecule has 33 heavy (non-hydrogen) atoms. The third kappa shape index (κ3) is 4.96. The maximum Gasteiger partial charge on any atom is 0.264 e. The van der Waals surface area contributed by atoms with E-state index >= 15 is 0 Å². The smallest absolute Gasteiger partial charge is 0.264 e. The van der Waals surface area contributed by atoms with Crippen molar-refractivity contribution in [2.45, 2.75) is 24.8 Å². The van der Waals surface area contributed by atoms with Crippen LogP contribution in [0, 0.1) is 6.92 Å². The number of carbonyl (C=O) groups is 1. The van der Waals surface area contributed by atoms with Gasteiger partial charge in [-0.05, 0) is 55.3 Å². The molecule has 172 valence electrons. The van der Waals surface area contributed by atoms with Crippen LogP contribution >= 0.6 is 0 Å². The van der Waals surface area contributed by atoms with Gasteiger partial charge in [0.1, 0.15) is 19.8 Å². The van der Waals surface area contributed by atoms with Crippen LogP contribution in [0.1, 0.15) is 24.1 Å². The van der Waals surface area contributed by atoms with E-state index in [0.717, 1.165) is 15.4 Å². The Bertz CT molecular complexity index is 1240. The second-order valence-electron chi connectivity index (χ2n) is 7.80. The van der Waals surface area contributed by atoms with Crippen molar-refractivity contribution in [2.24, 2.45) is 0 Å². The van der Waals surface area contributed by atoms with Crippen LogP contribution in [0.25, 0.3) is 0 Å². The number of fused-ring (bicyclic) bond motifs is 1. The Balaban J connectivity index is 1.57. The van der Waals surface area contributed by atoms with Crippen molar-refractivity contribution in [1.82, 2.24) is 5.32 Å². The highest BCUT2D eigenvalue weighted by Crippen LogP contribution is 2.32. The molecule has 0 spiro atoms. The van der Waals surface area contributed by atoms with E-state index in [2.05, 4.69) is 5.32 Å². The minimum Gasteiger partial charge on any atom is -0.486 e. The molecule has 1 N–H and O–H groups in total. The van der Waals surface area contributed by atoms with Crippen molar-refractivity contribution in [3.05, 3.63) is 83.9 Å². The van der Waals surface area contributed by atoms with E-state index in [4.69, 9.17) is 9.47 Å². The van der Waals surface area contributed by atoms with Gasteiger partial charge in [-0.15, -0.1) is 0 Å². The van der Waals surface area contributed by atoms with Crippen molar-refractivity contribution < 1.29 is 22.7 Å². The molecule has 0 bridgehead atoms. The second kappa shape index (κ2) is 9.54. The number of para-hydroxylation sites is 1. The van der Waals surface area contributed by atoms with Crippen molar-refractivity contribution in [1.29, 1.82) is 0 Å². The number of nitrogens with one attached hydrogen (secondary N) is 1. The van der Waals surface area contributed by atoms with Gasteiger partial charge in [-0.2, -0.15) is 0 Å². The lowest BCUT2D eigenvalue weighted by Crippen LogP contribution is -2.41. The maximum atomic E-state index is 13.5. The first kappa shape index (κ1) is 22.7. The molecule has 0 unspecified atom stereocenters. The minimum absolute atomic E-state index is 0.126. The number of amides is 1. The Kier molecular flexibility index (Phi) is 6.55. The SMILES string of the molecule is Cc1ccccc1N(CC(=O)N[C@@H](C)c1ccc2c(c1)OCCO2)S(=O)(=O)c1ccccc1. The molecule has 3 aromatic rings. The maximum absolute atomic E-state index is 13.5. The molecule has 8 heteroatoms. The third-order valence-corrected chi connectivity index (χ3v) is 7.22. The van der Waals surface area contributed by atoms with Crippen LogP contribution in [0.3, 0.4) is 0 Å². The highest BCUT2D eigenvalue weighted by atomic mass is 32.2. The average molecular weight is 467 g/mol. The first-order chi connectivity index (χ1) is 15.9. The summed E-state index contributed by atoms with van der Waals surface area (Å²) in [4.78, 5) is 13.1. The molecule has 0 fully saturated rings. The Hall–Kier alpha value is -3.52. The van der Waals surface area contributed by atoms with Gasteiger partial charge in [0.05, 0.1) is 16.6 Å². The molecule has 7 nitrogen and oxygen atoms in total. The monoisotopic (exact) mass is 466 g/mol. The van der Waals surface area contributed by atoms with Crippen molar-refractivity contribution in [3.63, 3.8) is 0 Å². The summed E-state index contributed by atoms with van der Waals surface area (Å²) in [6.45, 7) is 4.28. The molecule has 0 aromatic heterocycles. The van der Waals surface area contributed by atoms with Crippen molar-refractivity contribution in [3.8, 4) is 11.5 Å². The fourth-order valence-electron chi connectivity index (χ4n) is 3.69. The molecule has 0 radical (unpaired) electrons. The summed E-state index contributed by atoms with van der Waals surface area (Å²) >= 11 is 0. The lowest BCUT2D eigenvalue weighted by Gasteiger charge is -2.26. The molecule has 0 aliphatic carbocycles. The van der Waals surface area contributed by atoms with Gasteiger partial charge < -0.3 is 14.8 Å². The number of ether oxygens (including phenoxy) is 2. The Labute approximate surface area is 194 Å². The number of hydrogen-bond donors (Lipinski definition) is 1. The lowest BCUT2D eigenvalue weighted by molar-refractivity contribution is -0.120. The summed E-state index contributed by atoms with van der Waals surface area (Å²) in [6.07, 6.45) is 0. The van der Waals surface area contributed by atoms with Gasteiger partial charge in [0, 0.05) is 0 Å². The van der Waals surface area contributed by atoms with Gasteiger partial charge in [0.25, 0.3) is 10.0 Å². The van der Waals surface area contributed by atoms with Gasteiger partial charge in [-0.25, -0.2) is 8.42 Å². The normalized spacial score (nSPS) is 13.8. The first-order valence-electron chi connectivity index (χ1n) is 10.7. The third-order valence-electron chi connectivity index (χ3n) is 5.45. The van der Waals surface area contributed by atoms with E-state index in [1.165, 1.54) is 12.1 Å². The molecular weight excluding hydrogens is 440 g/mol. The molecule has 1 aliphatic rings. The number of benzene rings is 3. The molecule has 0 saturated heterocycles. The molecular formula is C25H26N2O5S. The number of rotatable bonds is 7. The van der Waals surface area contributed by atoms with Crippen LogP contribution in [0.15, 0.2) is 77.7 Å². The van der Waals surface area contributed by atoms with Crippen LogP contribution in [0.4, 0.5) is 5.69 Å². The quantitative estimate of drug-likeness (QED) is 0.572. The fourth-order valence-corrected chi connectivity index (χ4v) is 5.20. The van der Waals surface area contributed by atoms with Crippen LogP contribution in [-0.4, -0.2) is 34.1 Å². The zero-order valence-electron chi connectivity index (χ0n) is 18.5. The van der Waals surface area contributed by atoms with Gasteiger partial charge >= 0.3 is 0 Å². The lowest BCUT2D eigenvalue weighted by atomic mass is 10.1. The highest BCUT2D eigenvalue weighted by molar-refractivity contribution is 7.92. The van der Waals surface area contributed by atoms with Crippen molar-refractivity contribution >= 4 is 21.6 Å². The second-order valence-corrected chi connectivity index (χ2v) is 9.67. The number of nitrogens with zero attached hydrogens (tertiary/aromatic N) is 1. The molecule has 1 heterocycles. The molecule has 3 aromatic carbocycles. The fraction of sp³-hybridized carbons (Fsp3) is 0.240. The summed E-state index contributed by atoms with van der Waals surface area (Å²) in [6, 6.07) is 20.4. The summed E-state index contributed by atoms with van der Waals surface area (Å²) in [5.74, 6) is 0.886. The Morgan fingerprint density at radius 3 is 2.36 bits per heavy atom. The van der Waals surface area contributed by atoms with E-state index in [1.54, 1.807) is 30.3 Å². The zero-order valence-corrected chi connectivity index (χ0v) is 19.3. The summed E-state index contributed by atoms with van der Waals surface area (Å²) in [7, 11) is -3.95. The van der Waals surface area contributed by atoms with Gasteiger partial charge in [-0.1, -0.05) is 42.5 Å². The molecule has 1 atom stereocenters. The summed E-state index contributed by atoms with van der Waals surface area (Å²) in [5.41, 5.74) is 2.05. The Morgan fingerprint density at radius 2 is 1.64 bits per heavy atom. The van der Waals surface area contributed by atoms with Crippen LogP contribution in [-0.2, 0) is 14.8 Å². The number of anilines is 1. The zero-order chi connectivity index (χ0) is 23.4. The summed E-state index contributed by atoms with van der Waals surface area (Å²) < 4.78 is 39.2. The number of carbonyl (C=O) groups excluding carboxylic acids is 1. The number of aryl methyl sites for hydroxylation is 1. The summed E-state index contributed by atoms with van der Waals surface area (Å²) in [5, 5.41) is 2.90. The largest absolute Gasteiger partial charge is 0.486 e. The van der Waals surface area contributed by atoms with E-state index < -0.39 is 15.9 Å². The van der Waals surface area contributed by atoms with E-state index in [0.29, 0.717) is 30.4 Å². The van der Waals surface area contributed by atoms with Gasteiger partial charge in [0.2, 0.25) is 5.91 Å². The predicted molar refractivity (Wildman–Crippen MR) is 126 cm³/mol. The molecule has 0 saturated carbocycles. The van der Waals surface area contributed by atoms with Gasteiger partial charge in [-0.3, -0.25) is 9.10 Å². The van der Waals surface area contributed by atoms with E-state index in [1.807, 2.05) is 44.2 Å². The van der Waals surface area contributed by atoms with E-state index in [-0.39, 0.29) is 17.5 Å². The number of hydrogen-bond acceptors (Lipinski definition) is 5. The average Bonchev–Trinajstić information content (AvgIpc) is 2.83.